The third-order valence-corrected chi connectivity index (χ3v) is 5.24. The van der Waals surface area contributed by atoms with Crippen LogP contribution in [0.1, 0.15) is 33.1 Å². The first kappa shape index (κ1) is 9.17. The van der Waals surface area contributed by atoms with Crippen LogP contribution in [-0.2, 0) is 4.74 Å². The summed E-state index contributed by atoms with van der Waals surface area (Å²) in [6, 6.07) is 0. The molecule has 0 amide bonds. The third kappa shape index (κ3) is 1.04. The van der Waals surface area contributed by atoms with Crippen molar-refractivity contribution in [3.63, 3.8) is 0 Å². The van der Waals surface area contributed by atoms with Gasteiger partial charge in [-0.25, -0.2) is 0 Å². The Labute approximate surface area is 85.6 Å². The molecule has 1 saturated heterocycles. The molecule has 4 fully saturated rings. The summed E-state index contributed by atoms with van der Waals surface area (Å²) in [5, 5.41) is 9.46. The lowest BCUT2D eigenvalue weighted by atomic mass is 9.43. The molecule has 2 heteroatoms. The monoisotopic (exact) mass is 196 g/mol. The fourth-order valence-electron chi connectivity index (χ4n) is 4.12. The molecule has 14 heavy (non-hydrogen) atoms. The standard InChI is InChI=1S/C12H20O2/c1-12(2)8-3-7-4-11(13)14-6-9(7)10(12)5-8/h7-11,13H,3-6H2,1-2H3/t7-,8+,9+,10+,11?/m1/s1. The van der Waals surface area contributed by atoms with E-state index in [4.69, 9.17) is 4.74 Å². The molecule has 5 atom stereocenters. The number of aliphatic hydroxyl groups is 1. The zero-order valence-corrected chi connectivity index (χ0v) is 9.07. The Kier molecular flexibility index (Phi) is 1.79. The third-order valence-electron chi connectivity index (χ3n) is 5.24. The molecule has 4 rings (SSSR count). The lowest BCUT2D eigenvalue weighted by molar-refractivity contribution is -0.229. The predicted molar refractivity (Wildman–Crippen MR) is 53.6 cm³/mol. The molecular formula is C12H20O2. The Balaban J connectivity index is 1.79. The first-order valence-corrected chi connectivity index (χ1v) is 5.88. The van der Waals surface area contributed by atoms with E-state index in [9.17, 15) is 5.11 Å². The highest BCUT2D eigenvalue weighted by Crippen LogP contribution is 2.64. The summed E-state index contributed by atoms with van der Waals surface area (Å²) in [4.78, 5) is 0. The zero-order valence-electron chi connectivity index (χ0n) is 9.07. The fourth-order valence-corrected chi connectivity index (χ4v) is 4.12. The van der Waals surface area contributed by atoms with Crippen LogP contribution < -0.4 is 0 Å². The van der Waals surface area contributed by atoms with Crippen molar-refractivity contribution in [3.8, 4) is 0 Å². The summed E-state index contributed by atoms with van der Waals surface area (Å²) in [5.41, 5.74) is 0.548. The Hall–Kier alpha value is -0.0800. The van der Waals surface area contributed by atoms with Crippen LogP contribution >= 0.6 is 0 Å². The topological polar surface area (TPSA) is 29.5 Å². The van der Waals surface area contributed by atoms with E-state index in [1.807, 2.05) is 0 Å². The Bertz CT molecular complexity index is 249. The maximum Gasteiger partial charge on any atom is 0.154 e. The Morgan fingerprint density at radius 2 is 2.00 bits per heavy atom. The minimum atomic E-state index is -0.475. The molecule has 0 aromatic carbocycles. The van der Waals surface area contributed by atoms with Gasteiger partial charge in [-0.05, 0) is 41.9 Å². The van der Waals surface area contributed by atoms with Crippen LogP contribution in [0.2, 0.25) is 0 Å². The second kappa shape index (κ2) is 2.73. The molecule has 2 nitrogen and oxygen atoms in total. The van der Waals surface area contributed by atoms with E-state index in [2.05, 4.69) is 13.8 Å². The highest BCUT2D eigenvalue weighted by Gasteiger charge is 2.58. The van der Waals surface area contributed by atoms with Crippen LogP contribution in [0.3, 0.4) is 0 Å². The van der Waals surface area contributed by atoms with Crippen molar-refractivity contribution >= 4 is 0 Å². The average molecular weight is 196 g/mol. The van der Waals surface area contributed by atoms with Crippen molar-refractivity contribution in [2.45, 2.75) is 39.4 Å². The van der Waals surface area contributed by atoms with Crippen LogP contribution in [0.5, 0.6) is 0 Å². The maximum atomic E-state index is 9.46. The second-order valence-electron chi connectivity index (χ2n) is 6.04. The molecule has 1 unspecified atom stereocenters. The van der Waals surface area contributed by atoms with Gasteiger partial charge in [0.1, 0.15) is 0 Å². The molecule has 1 heterocycles. The minimum absolute atomic E-state index is 0.475. The van der Waals surface area contributed by atoms with Gasteiger partial charge in [0.2, 0.25) is 0 Å². The van der Waals surface area contributed by atoms with Gasteiger partial charge < -0.3 is 9.84 Å². The SMILES string of the molecule is CC1(C)[C@H]2C[C@@H]3CC(O)OC[C@@H]3[C@@H]1C2. The van der Waals surface area contributed by atoms with Crippen molar-refractivity contribution < 1.29 is 9.84 Å². The van der Waals surface area contributed by atoms with Crippen LogP contribution in [0, 0.1) is 29.1 Å². The maximum absolute atomic E-state index is 9.46. The van der Waals surface area contributed by atoms with Crippen molar-refractivity contribution in [1.82, 2.24) is 0 Å². The van der Waals surface area contributed by atoms with E-state index < -0.39 is 6.29 Å². The van der Waals surface area contributed by atoms with E-state index in [1.54, 1.807) is 0 Å². The molecule has 0 spiro atoms. The molecule has 4 aliphatic rings. The number of hydrogen-bond acceptors (Lipinski definition) is 2. The van der Waals surface area contributed by atoms with Gasteiger partial charge in [-0.1, -0.05) is 13.8 Å². The molecule has 3 saturated carbocycles. The van der Waals surface area contributed by atoms with E-state index in [-0.39, 0.29) is 0 Å². The normalized spacial score (nSPS) is 54.6. The lowest BCUT2D eigenvalue weighted by Gasteiger charge is -2.63. The number of ether oxygens (including phenoxy) is 1. The van der Waals surface area contributed by atoms with Crippen LogP contribution in [0.15, 0.2) is 0 Å². The van der Waals surface area contributed by atoms with Gasteiger partial charge in [-0.15, -0.1) is 0 Å². The molecule has 1 N–H and O–H groups in total. The van der Waals surface area contributed by atoms with Crippen molar-refractivity contribution in [1.29, 1.82) is 0 Å². The summed E-state index contributed by atoms with van der Waals surface area (Å²) in [6.45, 7) is 5.62. The van der Waals surface area contributed by atoms with E-state index in [0.717, 1.165) is 36.7 Å². The zero-order chi connectivity index (χ0) is 9.92. The molecular weight excluding hydrogens is 176 g/mol. The molecule has 0 radical (unpaired) electrons. The fraction of sp³-hybridized carbons (Fsp3) is 1.00. The molecule has 2 bridgehead atoms. The smallest absolute Gasteiger partial charge is 0.154 e. The van der Waals surface area contributed by atoms with Gasteiger partial charge in [0.05, 0.1) is 6.61 Å². The van der Waals surface area contributed by atoms with Gasteiger partial charge in [-0.3, -0.25) is 0 Å². The highest BCUT2D eigenvalue weighted by atomic mass is 16.6. The predicted octanol–water partition coefficient (Wildman–Crippen LogP) is 2.02. The Morgan fingerprint density at radius 3 is 2.71 bits per heavy atom. The molecule has 3 aliphatic carbocycles. The van der Waals surface area contributed by atoms with Gasteiger partial charge >= 0.3 is 0 Å². The van der Waals surface area contributed by atoms with Gasteiger partial charge in [0, 0.05) is 6.42 Å². The summed E-state index contributed by atoms with van der Waals surface area (Å²) in [6.07, 6.45) is 3.15. The van der Waals surface area contributed by atoms with E-state index in [1.165, 1.54) is 12.8 Å². The van der Waals surface area contributed by atoms with Crippen molar-refractivity contribution in [2.75, 3.05) is 6.61 Å². The summed E-state index contributed by atoms with van der Waals surface area (Å²) >= 11 is 0. The number of aliphatic hydroxyl groups excluding tert-OH is 1. The molecule has 0 aromatic rings. The quantitative estimate of drug-likeness (QED) is 0.642. The van der Waals surface area contributed by atoms with Gasteiger partial charge in [-0.2, -0.15) is 0 Å². The molecule has 0 aromatic heterocycles. The Morgan fingerprint density at radius 1 is 1.21 bits per heavy atom. The van der Waals surface area contributed by atoms with Crippen LogP contribution in [0.25, 0.3) is 0 Å². The van der Waals surface area contributed by atoms with Gasteiger partial charge in [0.15, 0.2) is 6.29 Å². The van der Waals surface area contributed by atoms with Crippen LogP contribution in [-0.4, -0.2) is 18.0 Å². The summed E-state index contributed by atoms with van der Waals surface area (Å²) in [7, 11) is 0. The van der Waals surface area contributed by atoms with Crippen molar-refractivity contribution in [2.24, 2.45) is 29.1 Å². The minimum Gasteiger partial charge on any atom is -0.368 e. The summed E-state index contributed by atoms with van der Waals surface area (Å²) in [5.74, 6) is 3.26. The molecule has 80 valence electrons. The van der Waals surface area contributed by atoms with Crippen LogP contribution in [0.4, 0.5) is 0 Å². The molecule has 1 aliphatic heterocycles. The van der Waals surface area contributed by atoms with Gasteiger partial charge in [0.25, 0.3) is 0 Å². The first-order valence-electron chi connectivity index (χ1n) is 5.88. The van der Waals surface area contributed by atoms with E-state index >= 15 is 0 Å². The number of hydrogen-bond donors (Lipinski definition) is 1. The average Bonchev–Trinajstić information content (AvgIpc) is 2.16. The highest BCUT2D eigenvalue weighted by molar-refractivity contribution is 5.06. The van der Waals surface area contributed by atoms with E-state index in [0.29, 0.717) is 5.41 Å². The van der Waals surface area contributed by atoms with Crippen molar-refractivity contribution in [3.05, 3.63) is 0 Å². The second-order valence-corrected chi connectivity index (χ2v) is 6.04. The number of rotatable bonds is 0. The largest absolute Gasteiger partial charge is 0.368 e. The lowest BCUT2D eigenvalue weighted by Crippen LogP contribution is -2.58. The first-order chi connectivity index (χ1) is 6.59. The summed E-state index contributed by atoms with van der Waals surface area (Å²) < 4.78 is 5.39.